The zero-order valence-corrected chi connectivity index (χ0v) is 27.9. The molecule has 3 aromatic carbocycles. The maximum atomic E-state index is 13.3. The molecule has 1 aliphatic rings. The Morgan fingerprint density at radius 2 is 1.34 bits per heavy atom. The number of esters is 2. The molecule has 4 atom stereocenters. The van der Waals surface area contributed by atoms with Crippen molar-refractivity contribution in [2.24, 2.45) is 0 Å². The molecule has 1 fully saturated rings. The van der Waals surface area contributed by atoms with Crippen LogP contribution in [0.2, 0.25) is 0 Å². The minimum Gasteiger partial charge on any atom is -0.456 e. The molecule has 260 valence electrons. The number of carbonyl (C=O) groups is 2. The number of carbonyl (C=O) groups excluding carboxylic acids is 2. The van der Waals surface area contributed by atoms with E-state index in [4.69, 9.17) is 28.4 Å². The zero-order chi connectivity index (χ0) is 35.1. The highest BCUT2D eigenvalue weighted by Gasteiger charge is 2.52. The molecule has 6 rings (SSSR count). The highest BCUT2D eigenvalue weighted by molar-refractivity contribution is 5.70. The summed E-state index contributed by atoms with van der Waals surface area (Å²) in [4.78, 5) is 47.1. The molecular formula is C37H38N4O9. The van der Waals surface area contributed by atoms with Crippen molar-refractivity contribution in [3.05, 3.63) is 131 Å². The van der Waals surface area contributed by atoms with Gasteiger partial charge in [0, 0.05) is 21.0 Å². The first-order valence-electron chi connectivity index (χ1n) is 16.1. The quantitative estimate of drug-likeness (QED) is 0.0954. The standard InChI is InChI=1S/C37H38N4O9/c1-25(42)48-32-30(21-47-37(27-13-7-4-8-14-27,28-15-9-5-10-16-28)29-17-11-6-12-18-29)50-36(33(32)49-26(2)43)41-23-38-31-34(41)39-22-40(35(31)44)24-46-20-19-45-3/h4-18,22-23,30,32-33,36H,19-21,24H2,1-3H3/t30-,32-,33-,36-/m1/s1. The highest BCUT2D eigenvalue weighted by Crippen LogP contribution is 2.42. The third-order valence-electron chi connectivity index (χ3n) is 8.38. The van der Waals surface area contributed by atoms with Crippen molar-refractivity contribution in [2.75, 3.05) is 26.9 Å². The lowest BCUT2D eigenvalue weighted by molar-refractivity contribution is -0.166. The van der Waals surface area contributed by atoms with Crippen LogP contribution in [0.4, 0.5) is 0 Å². The van der Waals surface area contributed by atoms with Crippen LogP contribution in [0.3, 0.4) is 0 Å². The average molecular weight is 683 g/mol. The third kappa shape index (κ3) is 7.07. The van der Waals surface area contributed by atoms with Crippen LogP contribution in [0, 0.1) is 0 Å². The van der Waals surface area contributed by atoms with Crippen LogP contribution in [-0.4, -0.2) is 76.3 Å². The fourth-order valence-electron chi connectivity index (χ4n) is 6.22. The minimum absolute atomic E-state index is 0.0477. The van der Waals surface area contributed by atoms with Crippen LogP contribution in [0.1, 0.15) is 36.8 Å². The van der Waals surface area contributed by atoms with Gasteiger partial charge in [0.05, 0.1) is 26.1 Å². The second kappa shape index (κ2) is 15.6. The van der Waals surface area contributed by atoms with E-state index < -0.39 is 47.6 Å². The molecule has 1 saturated heterocycles. The lowest BCUT2D eigenvalue weighted by Crippen LogP contribution is -2.42. The third-order valence-corrected chi connectivity index (χ3v) is 8.38. The molecule has 0 aliphatic carbocycles. The summed E-state index contributed by atoms with van der Waals surface area (Å²) in [5.74, 6) is -1.23. The Hall–Kier alpha value is -5.21. The van der Waals surface area contributed by atoms with Gasteiger partial charge in [0.25, 0.3) is 5.56 Å². The molecule has 13 heteroatoms. The molecule has 0 spiro atoms. The van der Waals surface area contributed by atoms with Gasteiger partial charge in [-0.3, -0.25) is 23.5 Å². The van der Waals surface area contributed by atoms with Gasteiger partial charge in [-0.1, -0.05) is 91.0 Å². The Bertz CT molecular complexity index is 1850. The van der Waals surface area contributed by atoms with Gasteiger partial charge in [-0.2, -0.15) is 0 Å². The van der Waals surface area contributed by atoms with Crippen molar-refractivity contribution in [1.82, 2.24) is 19.1 Å². The number of aromatic nitrogens is 4. The van der Waals surface area contributed by atoms with Gasteiger partial charge >= 0.3 is 11.9 Å². The molecule has 50 heavy (non-hydrogen) atoms. The van der Waals surface area contributed by atoms with Gasteiger partial charge < -0.3 is 28.4 Å². The number of rotatable bonds is 14. The fraction of sp³-hybridized carbons (Fsp3) is 0.324. The van der Waals surface area contributed by atoms with Crippen LogP contribution < -0.4 is 5.56 Å². The van der Waals surface area contributed by atoms with Gasteiger partial charge in [-0.15, -0.1) is 0 Å². The van der Waals surface area contributed by atoms with E-state index in [1.54, 1.807) is 7.11 Å². The van der Waals surface area contributed by atoms with E-state index in [0.29, 0.717) is 6.61 Å². The van der Waals surface area contributed by atoms with Gasteiger partial charge in [0.15, 0.2) is 29.6 Å². The summed E-state index contributed by atoms with van der Waals surface area (Å²) >= 11 is 0. The normalized spacial score (nSPS) is 19.0. The number of ether oxygens (including phenoxy) is 6. The molecule has 2 aromatic heterocycles. The Labute approximate surface area is 288 Å². The monoisotopic (exact) mass is 682 g/mol. The van der Waals surface area contributed by atoms with E-state index in [2.05, 4.69) is 9.97 Å². The highest BCUT2D eigenvalue weighted by atomic mass is 16.7. The summed E-state index contributed by atoms with van der Waals surface area (Å²) in [6.45, 7) is 3.03. The zero-order valence-electron chi connectivity index (χ0n) is 27.9. The number of imidazole rings is 1. The molecule has 0 saturated carbocycles. The Morgan fingerprint density at radius 1 is 0.780 bits per heavy atom. The number of nitrogens with zero attached hydrogens (tertiary/aromatic N) is 4. The fourth-order valence-corrected chi connectivity index (χ4v) is 6.22. The number of hydrogen-bond acceptors (Lipinski definition) is 11. The first-order chi connectivity index (χ1) is 24.3. The van der Waals surface area contributed by atoms with Crippen LogP contribution >= 0.6 is 0 Å². The smallest absolute Gasteiger partial charge is 0.303 e. The number of benzene rings is 3. The SMILES string of the molecule is COCCOCn1cnc2c(ncn2[C@@H]2O[C@H](COC(c3ccccc3)(c3ccccc3)c3ccccc3)[C@@H](OC(C)=O)[C@H]2OC(C)=O)c1=O. The van der Waals surface area contributed by atoms with Crippen molar-refractivity contribution in [1.29, 1.82) is 0 Å². The van der Waals surface area contributed by atoms with Crippen molar-refractivity contribution in [3.8, 4) is 0 Å². The molecule has 1 aliphatic heterocycles. The summed E-state index contributed by atoms with van der Waals surface area (Å²) in [5, 5.41) is 0. The second-order valence-electron chi connectivity index (χ2n) is 11.7. The average Bonchev–Trinajstić information content (AvgIpc) is 3.70. The number of methoxy groups -OCH3 is 1. The van der Waals surface area contributed by atoms with E-state index in [0.717, 1.165) is 16.7 Å². The maximum Gasteiger partial charge on any atom is 0.303 e. The van der Waals surface area contributed by atoms with Crippen molar-refractivity contribution < 1.29 is 38.0 Å². The summed E-state index contributed by atoms with van der Waals surface area (Å²) in [5.41, 5.74) is 1.26. The Kier molecular flexibility index (Phi) is 10.8. The molecule has 0 unspecified atom stereocenters. The van der Waals surface area contributed by atoms with Gasteiger partial charge in [-0.05, 0) is 16.7 Å². The lowest BCUT2D eigenvalue weighted by Gasteiger charge is -2.37. The number of fused-ring (bicyclic) bond motifs is 1. The summed E-state index contributed by atoms with van der Waals surface area (Å²) < 4.78 is 38.4. The molecule has 0 bridgehead atoms. The Balaban J connectivity index is 1.39. The van der Waals surface area contributed by atoms with Crippen molar-refractivity contribution in [2.45, 2.75) is 50.7 Å². The largest absolute Gasteiger partial charge is 0.456 e. The van der Waals surface area contributed by atoms with Crippen LogP contribution in [-0.2, 0) is 50.3 Å². The molecule has 3 heterocycles. The van der Waals surface area contributed by atoms with Crippen LogP contribution in [0.15, 0.2) is 108 Å². The van der Waals surface area contributed by atoms with Crippen LogP contribution in [0.5, 0.6) is 0 Å². The van der Waals surface area contributed by atoms with Gasteiger partial charge in [-0.25, -0.2) is 9.97 Å². The maximum absolute atomic E-state index is 13.3. The predicted molar refractivity (Wildman–Crippen MR) is 180 cm³/mol. The summed E-state index contributed by atoms with van der Waals surface area (Å²) in [7, 11) is 1.55. The summed E-state index contributed by atoms with van der Waals surface area (Å²) in [6.07, 6.45) is -1.52. The number of hydrogen-bond donors (Lipinski definition) is 0. The molecule has 0 amide bonds. The van der Waals surface area contributed by atoms with E-state index in [1.807, 2.05) is 91.0 Å². The first kappa shape index (κ1) is 34.6. The van der Waals surface area contributed by atoms with Crippen molar-refractivity contribution in [3.63, 3.8) is 0 Å². The molecule has 13 nitrogen and oxygen atoms in total. The molecular weight excluding hydrogens is 644 g/mol. The predicted octanol–water partition coefficient (Wildman–Crippen LogP) is 3.98. The van der Waals surface area contributed by atoms with Gasteiger partial charge in [0.1, 0.15) is 24.8 Å². The molecule has 5 aromatic rings. The molecule has 0 radical (unpaired) electrons. The van der Waals surface area contributed by atoms with E-state index in [9.17, 15) is 14.4 Å². The first-order valence-corrected chi connectivity index (χ1v) is 16.1. The molecule has 0 N–H and O–H groups in total. The Morgan fingerprint density at radius 3 is 1.88 bits per heavy atom. The van der Waals surface area contributed by atoms with Crippen molar-refractivity contribution >= 4 is 23.1 Å². The lowest BCUT2D eigenvalue weighted by atomic mass is 9.80. The second-order valence-corrected chi connectivity index (χ2v) is 11.7. The van der Waals surface area contributed by atoms with E-state index in [1.165, 1.54) is 35.6 Å². The van der Waals surface area contributed by atoms with Gasteiger partial charge in [0.2, 0.25) is 0 Å². The minimum atomic E-state index is -1.14. The van der Waals surface area contributed by atoms with E-state index in [-0.39, 0.29) is 31.1 Å². The van der Waals surface area contributed by atoms with Crippen LogP contribution in [0.25, 0.3) is 11.2 Å². The summed E-state index contributed by atoms with van der Waals surface area (Å²) in [6, 6.07) is 29.4. The van der Waals surface area contributed by atoms with E-state index >= 15 is 0 Å². The topological polar surface area (TPSA) is 142 Å².